The van der Waals surface area contributed by atoms with Crippen LogP contribution in [-0.2, 0) is 0 Å². The zero-order valence-corrected chi connectivity index (χ0v) is 13.7. The molecule has 3 rings (SSSR count). The van der Waals surface area contributed by atoms with Crippen molar-refractivity contribution in [3.05, 3.63) is 30.1 Å². The van der Waals surface area contributed by atoms with Crippen molar-refractivity contribution < 1.29 is 9.18 Å². The number of hydrogen-bond donors (Lipinski definition) is 1. The molecule has 0 aromatic heterocycles. The number of urea groups is 1. The number of rotatable bonds is 2. The van der Waals surface area contributed by atoms with Crippen molar-refractivity contribution in [3.63, 3.8) is 0 Å². The molecule has 2 aliphatic heterocycles. The van der Waals surface area contributed by atoms with E-state index < -0.39 is 0 Å². The maximum atomic E-state index is 13.0. The molecule has 2 saturated heterocycles. The highest BCUT2D eigenvalue weighted by Crippen LogP contribution is 2.21. The van der Waals surface area contributed by atoms with Crippen molar-refractivity contribution in [1.29, 1.82) is 5.26 Å². The van der Waals surface area contributed by atoms with Crippen LogP contribution in [0.3, 0.4) is 0 Å². The van der Waals surface area contributed by atoms with Crippen LogP contribution in [0.2, 0.25) is 0 Å². The van der Waals surface area contributed by atoms with Crippen LogP contribution in [0, 0.1) is 23.1 Å². The van der Waals surface area contributed by atoms with Gasteiger partial charge in [-0.15, -0.1) is 0 Å². The van der Waals surface area contributed by atoms with E-state index in [9.17, 15) is 9.18 Å². The summed E-state index contributed by atoms with van der Waals surface area (Å²) in [4.78, 5) is 16.4. The molecule has 2 aliphatic rings. The van der Waals surface area contributed by atoms with Crippen molar-refractivity contribution in [2.75, 3.05) is 31.1 Å². The lowest BCUT2D eigenvalue weighted by molar-refractivity contribution is 0.171. The molecule has 0 radical (unpaired) electrons. The van der Waals surface area contributed by atoms with Crippen LogP contribution in [0.15, 0.2) is 24.3 Å². The Hall–Kier alpha value is -2.29. The zero-order valence-electron chi connectivity index (χ0n) is 13.7. The van der Waals surface area contributed by atoms with Gasteiger partial charge in [-0.05, 0) is 49.9 Å². The van der Waals surface area contributed by atoms with Gasteiger partial charge in [-0.2, -0.15) is 5.26 Å². The fourth-order valence-corrected chi connectivity index (χ4v) is 3.47. The zero-order chi connectivity index (χ0) is 16.9. The number of carbonyl (C=O) groups excluding carboxylic acids is 1. The molecule has 0 saturated carbocycles. The van der Waals surface area contributed by atoms with Gasteiger partial charge in [0.25, 0.3) is 0 Å². The lowest BCUT2D eigenvalue weighted by atomic mass is 10.00. The second-order valence-electron chi connectivity index (χ2n) is 6.60. The van der Waals surface area contributed by atoms with E-state index in [1.807, 2.05) is 0 Å². The third-order valence-corrected chi connectivity index (χ3v) is 4.91. The third kappa shape index (κ3) is 3.97. The third-order valence-electron chi connectivity index (χ3n) is 4.91. The molecule has 0 aliphatic carbocycles. The van der Waals surface area contributed by atoms with Gasteiger partial charge in [0.05, 0.1) is 12.0 Å². The van der Waals surface area contributed by atoms with Crippen molar-refractivity contribution in [2.24, 2.45) is 5.92 Å². The van der Waals surface area contributed by atoms with Crippen LogP contribution in [0.1, 0.15) is 25.7 Å². The van der Waals surface area contributed by atoms with Gasteiger partial charge in [0, 0.05) is 37.9 Å². The summed E-state index contributed by atoms with van der Waals surface area (Å²) < 4.78 is 13.0. The number of likely N-dealkylation sites (tertiary alicyclic amines) is 1. The average molecular weight is 330 g/mol. The predicted molar refractivity (Wildman–Crippen MR) is 90.1 cm³/mol. The Balaban J connectivity index is 1.47. The van der Waals surface area contributed by atoms with Gasteiger partial charge in [-0.1, -0.05) is 0 Å². The molecule has 0 spiro atoms. The lowest BCUT2D eigenvalue weighted by Crippen LogP contribution is -2.51. The van der Waals surface area contributed by atoms with E-state index in [2.05, 4.69) is 16.3 Å². The van der Waals surface area contributed by atoms with Crippen molar-refractivity contribution in [3.8, 4) is 6.07 Å². The maximum Gasteiger partial charge on any atom is 0.317 e. The van der Waals surface area contributed by atoms with Crippen LogP contribution in [0.4, 0.5) is 14.9 Å². The predicted octanol–water partition coefficient (Wildman–Crippen LogP) is 2.74. The highest BCUT2D eigenvalue weighted by molar-refractivity contribution is 5.74. The quantitative estimate of drug-likeness (QED) is 0.907. The van der Waals surface area contributed by atoms with E-state index in [0.717, 1.165) is 51.0 Å². The fourth-order valence-electron chi connectivity index (χ4n) is 3.47. The van der Waals surface area contributed by atoms with Crippen LogP contribution in [-0.4, -0.2) is 43.2 Å². The van der Waals surface area contributed by atoms with Crippen LogP contribution >= 0.6 is 0 Å². The number of halogens is 1. The number of nitrogens with zero attached hydrogens (tertiary/aromatic N) is 3. The monoisotopic (exact) mass is 330 g/mol. The number of hydrogen-bond acceptors (Lipinski definition) is 3. The summed E-state index contributed by atoms with van der Waals surface area (Å²) in [5, 5.41) is 12.1. The number of carbonyl (C=O) groups is 1. The molecular formula is C18H23FN4O. The van der Waals surface area contributed by atoms with Crippen LogP contribution < -0.4 is 10.2 Å². The molecule has 5 nitrogen and oxygen atoms in total. The van der Waals surface area contributed by atoms with E-state index in [-0.39, 0.29) is 23.8 Å². The number of nitrogens with one attached hydrogen (secondary N) is 1. The fraction of sp³-hybridized carbons (Fsp3) is 0.556. The molecule has 1 aromatic carbocycles. The largest absolute Gasteiger partial charge is 0.371 e. The minimum absolute atomic E-state index is 0.0372. The van der Waals surface area contributed by atoms with Gasteiger partial charge in [-0.3, -0.25) is 0 Å². The van der Waals surface area contributed by atoms with Gasteiger partial charge in [-0.25, -0.2) is 9.18 Å². The molecule has 1 unspecified atom stereocenters. The van der Waals surface area contributed by atoms with Crippen LogP contribution in [0.25, 0.3) is 0 Å². The van der Waals surface area contributed by atoms with E-state index in [1.165, 1.54) is 12.1 Å². The Labute approximate surface area is 142 Å². The summed E-state index contributed by atoms with van der Waals surface area (Å²) in [6, 6.07) is 8.93. The molecule has 0 bridgehead atoms. The van der Waals surface area contributed by atoms with Crippen molar-refractivity contribution in [2.45, 2.75) is 31.7 Å². The normalized spacial score (nSPS) is 22.1. The van der Waals surface area contributed by atoms with Gasteiger partial charge in [0.1, 0.15) is 5.82 Å². The van der Waals surface area contributed by atoms with E-state index in [0.29, 0.717) is 6.54 Å². The Morgan fingerprint density at radius 3 is 2.54 bits per heavy atom. The van der Waals surface area contributed by atoms with Crippen molar-refractivity contribution >= 4 is 11.7 Å². The molecular weight excluding hydrogens is 307 g/mol. The van der Waals surface area contributed by atoms with Gasteiger partial charge < -0.3 is 15.1 Å². The highest BCUT2D eigenvalue weighted by atomic mass is 19.1. The Bertz CT molecular complexity index is 604. The summed E-state index contributed by atoms with van der Waals surface area (Å²) in [7, 11) is 0. The van der Waals surface area contributed by atoms with Gasteiger partial charge in [0.15, 0.2) is 0 Å². The Morgan fingerprint density at radius 1 is 1.17 bits per heavy atom. The summed E-state index contributed by atoms with van der Waals surface area (Å²) in [6.07, 6.45) is 3.53. The summed E-state index contributed by atoms with van der Waals surface area (Å²) in [6.45, 7) is 2.96. The molecule has 1 N–H and O–H groups in total. The molecule has 24 heavy (non-hydrogen) atoms. The standard InChI is InChI=1S/C18H23FN4O/c19-15-3-5-17(6-4-15)22-10-7-16(8-11-22)21-18(24)23-9-1-2-14(12-20)13-23/h3-6,14,16H,1-2,7-11,13H2,(H,21,24). The number of nitriles is 1. The first-order valence-corrected chi connectivity index (χ1v) is 8.61. The van der Waals surface area contributed by atoms with Crippen LogP contribution in [0.5, 0.6) is 0 Å². The number of amides is 2. The first-order chi connectivity index (χ1) is 11.7. The molecule has 1 atom stereocenters. The molecule has 128 valence electrons. The SMILES string of the molecule is N#CC1CCCN(C(=O)NC2CCN(c3ccc(F)cc3)CC2)C1. The molecule has 2 amide bonds. The van der Waals surface area contributed by atoms with E-state index in [4.69, 9.17) is 5.26 Å². The smallest absolute Gasteiger partial charge is 0.317 e. The maximum absolute atomic E-state index is 13.0. The summed E-state index contributed by atoms with van der Waals surface area (Å²) in [5.74, 6) is -0.261. The second kappa shape index (κ2) is 7.52. The Morgan fingerprint density at radius 2 is 1.88 bits per heavy atom. The lowest BCUT2D eigenvalue weighted by Gasteiger charge is -2.36. The van der Waals surface area contributed by atoms with Gasteiger partial charge >= 0.3 is 6.03 Å². The molecule has 2 heterocycles. The first-order valence-electron chi connectivity index (χ1n) is 8.61. The molecule has 1 aromatic rings. The summed E-state index contributed by atoms with van der Waals surface area (Å²) in [5.41, 5.74) is 1.02. The minimum Gasteiger partial charge on any atom is -0.371 e. The number of benzene rings is 1. The van der Waals surface area contributed by atoms with E-state index in [1.54, 1.807) is 17.0 Å². The number of anilines is 1. The van der Waals surface area contributed by atoms with E-state index >= 15 is 0 Å². The average Bonchev–Trinajstić information content (AvgIpc) is 2.63. The second-order valence-corrected chi connectivity index (χ2v) is 6.60. The summed E-state index contributed by atoms with van der Waals surface area (Å²) >= 11 is 0. The number of piperidine rings is 2. The van der Waals surface area contributed by atoms with Gasteiger partial charge in [0.2, 0.25) is 0 Å². The Kier molecular flexibility index (Phi) is 5.19. The molecule has 6 heteroatoms. The minimum atomic E-state index is -0.224. The molecule has 2 fully saturated rings. The highest BCUT2D eigenvalue weighted by Gasteiger charge is 2.26. The topological polar surface area (TPSA) is 59.4 Å². The first kappa shape index (κ1) is 16.6. The van der Waals surface area contributed by atoms with Crippen molar-refractivity contribution in [1.82, 2.24) is 10.2 Å².